The van der Waals surface area contributed by atoms with Crippen molar-refractivity contribution < 1.29 is 18.4 Å². The molecular weight excluding hydrogens is 543 g/mol. The summed E-state index contributed by atoms with van der Waals surface area (Å²) in [5.41, 5.74) is 0. The van der Waals surface area contributed by atoms with Gasteiger partial charge in [-0.15, -0.1) is 0 Å². The van der Waals surface area contributed by atoms with E-state index in [9.17, 15) is 9.36 Å². The molecular formula is C35H71N2O4P. The Labute approximate surface area is 262 Å². The van der Waals surface area contributed by atoms with Gasteiger partial charge in [0.25, 0.3) is 0 Å². The van der Waals surface area contributed by atoms with Crippen LogP contribution in [-0.4, -0.2) is 67.8 Å². The van der Waals surface area contributed by atoms with Gasteiger partial charge < -0.3 is 13.9 Å². The molecule has 0 aliphatic carbocycles. The van der Waals surface area contributed by atoms with Crippen molar-refractivity contribution in [1.29, 1.82) is 0 Å². The van der Waals surface area contributed by atoms with Crippen LogP contribution >= 0.6 is 7.60 Å². The lowest BCUT2D eigenvalue weighted by atomic mass is 10.1. The zero-order chi connectivity index (χ0) is 30.6. The first kappa shape index (κ1) is 39.6. The fourth-order valence-electron chi connectivity index (χ4n) is 5.88. The molecule has 6 nitrogen and oxygen atoms in total. The van der Waals surface area contributed by atoms with Gasteiger partial charge in [0.2, 0.25) is 5.91 Å². The molecule has 250 valence electrons. The lowest BCUT2D eigenvalue weighted by molar-refractivity contribution is -0.130. The number of carbonyl (C=O) groups excluding carboxylic acids is 1. The van der Waals surface area contributed by atoms with Gasteiger partial charge in [0.1, 0.15) is 0 Å². The molecule has 1 rings (SSSR count). The van der Waals surface area contributed by atoms with Gasteiger partial charge in [-0.2, -0.15) is 0 Å². The van der Waals surface area contributed by atoms with E-state index in [1.165, 1.54) is 116 Å². The Bertz CT molecular complexity index is 623. The van der Waals surface area contributed by atoms with Crippen LogP contribution in [0.3, 0.4) is 0 Å². The number of amides is 1. The molecule has 0 radical (unpaired) electrons. The fourth-order valence-corrected chi connectivity index (χ4v) is 7.56. The molecule has 0 aromatic rings. The molecule has 0 saturated carbocycles. The maximum absolute atomic E-state index is 13.6. The first-order valence-corrected chi connectivity index (χ1v) is 20.1. The minimum absolute atomic E-state index is 0.158. The molecule has 0 N–H and O–H groups in total. The minimum Gasteiger partial charge on any atom is -0.340 e. The van der Waals surface area contributed by atoms with Gasteiger partial charge in [-0.3, -0.25) is 14.3 Å². The molecule has 1 amide bonds. The van der Waals surface area contributed by atoms with Crippen LogP contribution in [0.4, 0.5) is 0 Å². The number of hydrogen-bond donors (Lipinski definition) is 0. The van der Waals surface area contributed by atoms with Gasteiger partial charge >= 0.3 is 7.60 Å². The third-order valence-corrected chi connectivity index (χ3v) is 10.8. The van der Waals surface area contributed by atoms with E-state index in [2.05, 4.69) is 18.7 Å². The van der Waals surface area contributed by atoms with Crippen molar-refractivity contribution in [3.63, 3.8) is 0 Å². The number of rotatable bonds is 30. The van der Waals surface area contributed by atoms with Gasteiger partial charge in [0.05, 0.1) is 19.4 Å². The van der Waals surface area contributed by atoms with Crippen LogP contribution in [0.15, 0.2) is 0 Å². The minimum atomic E-state index is -3.07. The molecule has 1 aliphatic heterocycles. The van der Waals surface area contributed by atoms with Crippen LogP contribution in [0.25, 0.3) is 0 Å². The maximum Gasteiger partial charge on any atom is 0.330 e. The third-order valence-electron chi connectivity index (χ3n) is 8.80. The number of piperazine rings is 1. The second-order valence-corrected chi connectivity index (χ2v) is 15.0. The maximum atomic E-state index is 13.6. The van der Waals surface area contributed by atoms with Gasteiger partial charge in [-0.05, 0) is 25.8 Å². The summed E-state index contributed by atoms with van der Waals surface area (Å²) >= 11 is 0. The fraction of sp³-hybridized carbons (Fsp3) is 0.971. The quantitative estimate of drug-likeness (QED) is 0.0595. The first-order valence-electron chi connectivity index (χ1n) is 18.4. The summed E-state index contributed by atoms with van der Waals surface area (Å²) in [6, 6.07) is 0. The van der Waals surface area contributed by atoms with Gasteiger partial charge in [-0.1, -0.05) is 142 Å². The van der Waals surface area contributed by atoms with Crippen LogP contribution in [0.1, 0.15) is 168 Å². The molecule has 0 unspecified atom stereocenters. The zero-order valence-electron chi connectivity index (χ0n) is 28.4. The monoisotopic (exact) mass is 615 g/mol. The molecule has 0 aromatic carbocycles. The second kappa shape index (κ2) is 28.1. The van der Waals surface area contributed by atoms with Crippen LogP contribution in [0, 0.1) is 0 Å². The highest BCUT2D eigenvalue weighted by Gasteiger charge is 2.25. The van der Waals surface area contributed by atoms with Crippen molar-refractivity contribution in [2.75, 3.05) is 52.1 Å². The van der Waals surface area contributed by atoms with Gasteiger partial charge in [-0.25, -0.2) is 0 Å². The topological polar surface area (TPSA) is 59.1 Å². The standard InChI is InChI=1S/C35H71N2O4P/c1-4-6-8-10-12-14-16-18-20-22-24-32-40-42(39,34-26-27-36-28-30-37(31-29-36)35(3)38)41-33-25-23-21-19-17-15-13-11-9-7-5-2/h4-34H2,1-3H3. The van der Waals surface area contributed by atoms with Crippen molar-refractivity contribution >= 4 is 13.5 Å². The Hall–Kier alpha value is -0.420. The summed E-state index contributed by atoms with van der Waals surface area (Å²) in [7, 11) is -3.07. The molecule has 42 heavy (non-hydrogen) atoms. The summed E-state index contributed by atoms with van der Waals surface area (Å²) in [6.45, 7) is 11.5. The van der Waals surface area contributed by atoms with Crippen LogP contribution in [0.5, 0.6) is 0 Å². The van der Waals surface area contributed by atoms with Crippen LogP contribution < -0.4 is 0 Å². The summed E-state index contributed by atoms with van der Waals surface area (Å²) in [6.07, 6.45) is 29.8. The molecule has 0 atom stereocenters. The van der Waals surface area contributed by atoms with Crippen molar-refractivity contribution in [1.82, 2.24) is 9.80 Å². The molecule has 1 fully saturated rings. The van der Waals surface area contributed by atoms with Crippen molar-refractivity contribution in [3.05, 3.63) is 0 Å². The number of nitrogens with zero attached hydrogens (tertiary/aromatic N) is 2. The Morgan fingerprint density at radius 2 is 0.905 bits per heavy atom. The Balaban J connectivity index is 2.24. The summed E-state index contributed by atoms with van der Waals surface area (Å²) in [5, 5.41) is 0. The molecule has 1 saturated heterocycles. The van der Waals surface area contributed by atoms with E-state index in [0.29, 0.717) is 19.4 Å². The van der Waals surface area contributed by atoms with E-state index in [4.69, 9.17) is 9.05 Å². The highest BCUT2D eigenvalue weighted by molar-refractivity contribution is 7.53. The first-order chi connectivity index (χ1) is 20.5. The van der Waals surface area contributed by atoms with E-state index in [1.54, 1.807) is 6.92 Å². The van der Waals surface area contributed by atoms with Crippen LogP contribution in [-0.2, 0) is 18.4 Å². The SMILES string of the molecule is CCCCCCCCCCCCCOP(=O)(CCCN1CCN(C(C)=O)CC1)OCCCCCCCCCCCCC. The van der Waals surface area contributed by atoms with Crippen molar-refractivity contribution in [2.45, 2.75) is 168 Å². The Morgan fingerprint density at radius 1 is 0.548 bits per heavy atom. The highest BCUT2D eigenvalue weighted by atomic mass is 31.2. The van der Waals surface area contributed by atoms with Gasteiger partial charge in [0.15, 0.2) is 0 Å². The van der Waals surface area contributed by atoms with E-state index < -0.39 is 7.60 Å². The molecule has 7 heteroatoms. The number of hydrogen-bond acceptors (Lipinski definition) is 5. The largest absolute Gasteiger partial charge is 0.340 e. The molecule has 0 aromatic heterocycles. The lowest BCUT2D eigenvalue weighted by Gasteiger charge is -2.34. The molecule has 0 spiro atoms. The average molecular weight is 615 g/mol. The van der Waals surface area contributed by atoms with E-state index in [1.807, 2.05) is 4.90 Å². The van der Waals surface area contributed by atoms with Gasteiger partial charge in [0, 0.05) is 33.1 Å². The van der Waals surface area contributed by atoms with Crippen LogP contribution in [0.2, 0.25) is 0 Å². The van der Waals surface area contributed by atoms with E-state index in [0.717, 1.165) is 64.8 Å². The smallest absolute Gasteiger partial charge is 0.330 e. The third kappa shape index (κ3) is 23.0. The number of unbranched alkanes of at least 4 members (excludes halogenated alkanes) is 20. The Kier molecular flexibility index (Phi) is 26.5. The molecule has 1 aliphatic rings. The van der Waals surface area contributed by atoms with Crippen molar-refractivity contribution in [3.8, 4) is 0 Å². The Morgan fingerprint density at radius 3 is 1.26 bits per heavy atom. The predicted molar refractivity (Wildman–Crippen MR) is 181 cm³/mol. The van der Waals surface area contributed by atoms with E-state index >= 15 is 0 Å². The summed E-state index contributed by atoms with van der Waals surface area (Å²) in [4.78, 5) is 15.9. The molecule has 0 bridgehead atoms. The summed E-state index contributed by atoms with van der Waals surface area (Å²) in [5.74, 6) is 0.158. The average Bonchev–Trinajstić information content (AvgIpc) is 2.98. The lowest BCUT2D eigenvalue weighted by Crippen LogP contribution is -2.48. The predicted octanol–water partition coefficient (Wildman–Crippen LogP) is 10.4. The highest BCUT2D eigenvalue weighted by Crippen LogP contribution is 2.49. The normalized spacial score (nSPS) is 14.6. The van der Waals surface area contributed by atoms with E-state index in [-0.39, 0.29) is 5.91 Å². The second-order valence-electron chi connectivity index (χ2n) is 12.8. The number of carbonyl (C=O) groups is 1. The molecule has 1 heterocycles. The van der Waals surface area contributed by atoms with Crippen molar-refractivity contribution in [2.24, 2.45) is 0 Å². The summed E-state index contributed by atoms with van der Waals surface area (Å²) < 4.78 is 25.7. The zero-order valence-corrected chi connectivity index (χ0v) is 29.3.